The molecule has 0 aliphatic rings. The third-order valence-corrected chi connectivity index (χ3v) is 2.99. The second-order valence-electron chi connectivity index (χ2n) is 4.60. The second-order valence-corrected chi connectivity index (χ2v) is 4.60. The van der Waals surface area contributed by atoms with Crippen molar-refractivity contribution in [3.63, 3.8) is 0 Å². The number of esters is 2. The minimum atomic E-state index is -0.615. The van der Waals surface area contributed by atoms with Crippen LogP contribution in [0.15, 0.2) is 18.2 Å². The lowest BCUT2D eigenvalue weighted by atomic mass is 10.1. The largest absolute Gasteiger partial charge is 0.490 e. The summed E-state index contributed by atoms with van der Waals surface area (Å²) >= 11 is 0. The first-order valence-electron chi connectivity index (χ1n) is 6.63. The van der Waals surface area contributed by atoms with Crippen LogP contribution >= 0.6 is 0 Å². The number of fused-ring (bicyclic) bond motifs is 1. The molecule has 0 aliphatic carbocycles. The van der Waals surface area contributed by atoms with Crippen LogP contribution < -0.4 is 18.9 Å². The fraction of sp³-hybridized carbons (Fsp3) is 0.250. The van der Waals surface area contributed by atoms with Gasteiger partial charge in [-0.15, -0.1) is 0 Å². The number of hydrogen-bond donors (Lipinski definition) is 0. The Morgan fingerprint density at radius 1 is 0.826 bits per heavy atom. The van der Waals surface area contributed by atoms with E-state index in [1.165, 1.54) is 40.2 Å². The fourth-order valence-electron chi connectivity index (χ4n) is 2.21. The van der Waals surface area contributed by atoms with Gasteiger partial charge in [-0.25, -0.2) is 4.39 Å². The van der Waals surface area contributed by atoms with Crippen molar-refractivity contribution in [3.8, 4) is 23.0 Å². The summed E-state index contributed by atoms with van der Waals surface area (Å²) in [5.74, 6) is -1.61. The van der Waals surface area contributed by atoms with Gasteiger partial charge in [-0.2, -0.15) is 0 Å². The van der Waals surface area contributed by atoms with Crippen molar-refractivity contribution in [2.75, 3.05) is 14.2 Å². The van der Waals surface area contributed by atoms with Crippen molar-refractivity contribution >= 4 is 22.7 Å². The van der Waals surface area contributed by atoms with Crippen LogP contribution in [0.4, 0.5) is 4.39 Å². The zero-order valence-corrected chi connectivity index (χ0v) is 13.1. The predicted octanol–water partition coefficient (Wildman–Crippen LogP) is 2.85. The van der Waals surface area contributed by atoms with Gasteiger partial charge in [0.05, 0.1) is 14.2 Å². The number of rotatable bonds is 4. The Labute approximate surface area is 131 Å². The van der Waals surface area contributed by atoms with Gasteiger partial charge in [0.1, 0.15) is 5.82 Å². The third kappa shape index (κ3) is 3.18. The lowest BCUT2D eigenvalue weighted by Gasteiger charge is -2.18. The highest BCUT2D eigenvalue weighted by Crippen LogP contribution is 2.51. The van der Waals surface area contributed by atoms with Gasteiger partial charge in [-0.05, 0) is 18.2 Å². The van der Waals surface area contributed by atoms with Crippen LogP contribution in [0.25, 0.3) is 10.8 Å². The molecule has 0 aromatic heterocycles. The number of carbonyl (C=O) groups is 2. The molecule has 0 atom stereocenters. The van der Waals surface area contributed by atoms with E-state index in [9.17, 15) is 14.0 Å². The molecule has 2 aromatic carbocycles. The van der Waals surface area contributed by atoms with E-state index in [0.29, 0.717) is 5.39 Å². The van der Waals surface area contributed by atoms with E-state index < -0.39 is 17.8 Å². The van der Waals surface area contributed by atoms with Gasteiger partial charge in [0.2, 0.25) is 11.5 Å². The second kappa shape index (κ2) is 6.51. The Hall–Kier alpha value is -2.83. The maximum Gasteiger partial charge on any atom is 0.308 e. The first kappa shape index (κ1) is 16.5. The van der Waals surface area contributed by atoms with Crippen LogP contribution in [0.5, 0.6) is 23.0 Å². The topological polar surface area (TPSA) is 71.1 Å². The molecule has 122 valence electrons. The first-order chi connectivity index (χ1) is 10.9. The van der Waals surface area contributed by atoms with Crippen LogP contribution in [0, 0.1) is 5.82 Å². The van der Waals surface area contributed by atoms with Crippen molar-refractivity contribution in [1.29, 1.82) is 0 Å². The minimum absolute atomic E-state index is 0.0118. The van der Waals surface area contributed by atoms with Crippen molar-refractivity contribution in [3.05, 3.63) is 24.0 Å². The van der Waals surface area contributed by atoms with Crippen LogP contribution in [-0.4, -0.2) is 26.2 Å². The Morgan fingerprint density at radius 2 is 1.30 bits per heavy atom. The normalized spacial score (nSPS) is 10.3. The third-order valence-electron chi connectivity index (χ3n) is 2.99. The molecule has 2 aromatic rings. The predicted molar refractivity (Wildman–Crippen MR) is 79.6 cm³/mol. The molecule has 0 aliphatic heterocycles. The molecular weight excluding hydrogens is 307 g/mol. The molecule has 0 saturated carbocycles. The lowest BCUT2D eigenvalue weighted by molar-refractivity contribution is -0.133. The molecule has 23 heavy (non-hydrogen) atoms. The quantitative estimate of drug-likeness (QED) is 0.637. The zero-order chi connectivity index (χ0) is 17.1. The summed E-state index contributed by atoms with van der Waals surface area (Å²) in [6.07, 6.45) is 0. The van der Waals surface area contributed by atoms with Crippen molar-refractivity contribution < 1.29 is 32.9 Å². The van der Waals surface area contributed by atoms with Crippen LogP contribution in [0.2, 0.25) is 0 Å². The fourth-order valence-corrected chi connectivity index (χ4v) is 2.21. The van der Waals surface area contributed by atoms with E-state index in [2.05, 4.69) is 0 Å². The number of halogens is 1. The molecule has 0 N–H and O–H groups in total. The highest BCUT2D eigenvalue weighted by molar-refractivity contribution is 6.01. The summed E-state index contributed by atoms with van der Waals surface area (Å²) < 4.78 is 34.5. The molecule has 6 nitrogen and oxygen atoms in total. The summed E-state index contributed by atoms with van der Waals surface area (Å²) in [4.78, 5) is 22.8. The van der Waals surface area contributed by atoms with Gasteiger partial charge >= 0.3 is 11.9 Å². The molecule has 0 amide bonds. The minimum Gasteiger partial charge on any atom is -0.490 e. The number of carbonyl (C=O) groups excluding carboxylic acids is 2. The number of methoxy groups -OCH3 is 2. The maximum absolute atomic E-state index is 13.6. The molecule has 2 rings (SSSR count). The van der Waals surface area contributed by atoms with E-state index in [1.807, 2.05) is 0 Å². The highest BCUT2D eigenvalue weighted by Gasteiger charge is 2.26. The number of hydrogen-bond acceptors (Lipinski definition) is 6. The molecule has 7 heteroatoms. The maximum atomic E-state index is 13.6. The molecule has 0 fully saturated rings. The Morgan fingerprint density at radius 3 is 1.74 bits per heavy atom. The van der Waals surface area contributed by atoms with Crippen LogP contribution in [0.1, 0.15) is 13.8 Å². The van der Waals surface area contributed by atoms with Gasteiger partial charge in [0.25, 0.3) is 0 Å². The van der Waals surface area contributed by atoms with Crippen molar-refractivity contribution in [2.24, 2.45) is 0 Å². The lowest BCUT2D eigenvalue weighted by Crippen LogP contribution is -2.08. The van der Waals surface area contributed by atoms with Crippen LogP contribution in [-0.2, 0) is 9.59 Å². The first-order valence-corrected chi connectivity index (χ1v) is 6.63. The molecule has 0 radical (unpaired) electrons. The van der Waals surface area contributed by atoms with Crippen molar-refractivity contribution in [2.45, 2.75) is 13.8 Å². The molecule has 0 spiro atoms. The average molecular weight is 322 g/mol. The SMILES string of the molecule is COc1c(OC)c(OC(C)=O)c2cc(F)ccc2c1OC(C)=O. The van der Waals surface area contributed by atoms with Gasteiger partial charge < -0.3 is 18.9 Å². The monoisotopic (exact) mass is 322 g/mol. The summed E-state index contributed by atoms with van der Waals surface area (Å²) in [7, 11) is 2.67. The van der Waals surface area contributed by atoms with Crippen molar-refractivity contribution in [1.82, 2.24) is 0 Å². The van der Waals surface area contributed by atoms with E-state index in [0.717, 1.165) is 6.07 Å². The summed E-state index contributed by atoms with van der Waals surface area (Å²) in [5.41, 5.74) is 0. The van der Waals surface area contributed by atoms with Gasteiger partial charge in [0.15, 0.2) is 11.5 Å². The Kier molecular flexibility index (Phi) is 4.68. The molecule has 0 bridgehead atoms. The van der Waals surface area contributed by atoms with Gasteiger partial charge in [-0.1, -0.05) is 0 Å². The Bertz CT molecular complexity index is 784. The van der Waals surface area contributed by atoms with E-state index >= 15 is 0 Å². The molecule has 0 saturated heterocycles. The standard InChI is InChI=1S/C16H15FO6/c1-8(18)22-13-11-6-5-10(17)7-12(11)14(23-9(2)19)16(21-4)15(13)20-3/h5-7H,1-4H3. The van der Waals surface area contributed by atoms with Gasteiger partial charge in [0, 0.05) is 24.6 Å². The van der Waals surface area contributed by atoms with E-state index in [4.69, 9.17) is 18.9 Å². The van der Waals surface area contributed by atoms with E-state index in [-0.39, 0.29) is 28.4 Å². The number of ether oxygens (including phenoxy) is 4. The smallest absolute Gasteiger partial charge is 0.308 e. The molecule has 0 unspecified atom stereocenters. The zero-order valence-electron chi connectivity index (χ0n) is 13.1. The summed E-state index contributed by atoms with van der Waals surface area (Å²) in [6.45, 7) is 2.43. The highest BCUT2D eigenvalue weighted by atomic mass is 19.1. The summed E-state index contributed by atoms with van der Waals surface area (Å²) in [6, 6.07) is 3.75. The Balaban J connectivity index is 2.94. The molecular formula is C16H15FO6. The van der Waals surface area contributed by atoms with E-state index in [1.54, 1.807) is 0 Å². The average Bonchev–Trinajstić information content (AvgIpc) is 2.48. The van der Waals surface area contributed by atoms with Crippen LogP contribution in [0.3, 0.4) is 0 Å². The summed E-state index contributed by atoms with van der Waals surface area (Å²) in [5, 5.41) is 0.560. The van der Waals surface area contributed by atoms with Gasteiger partial charge in [-0.3, -0.25) is 9.59 Å². The molecule has 0 heterocycles. The number of benzene rings is 2.